The van der Waals surface area contributed by atoms with E-state index >= 15 is 0 Å². The van der Waals surface area contributed by atoms with Crippen LogP contribution in [0, 0.1) is 9.49 Å². The number of piperidine rings is 1. The third-order valence-electron chi connectivity index (χ3n) is 3.32. The molecule has 0 aromatic heterocycles. The van der Waals surface area contributed by atoms with Crippen LogP contribution in [0.2, 0.25) is 0 Å². The summed E-state index contributed by atoms with van der Waals surface area (Å²) < 4.78 is 44.0. The quantitative estimate of drug-likeness (QED) is 0.712. The van der Waals surface area contributed by atoms with E-state index in [1.54, 1.807) is 0 Å². The summed E-state index contributed by atoms with van der Waals surface area (Å²) in [6.45, 7) is 0.655. The van der Waals surface area contributed by atoms with Gasteiger partial charge in [0.15, 0.2) is 0 Å². The lowest BCUT2D eigenvalue weighted by Gasteiger charge is -2.33. The second kappa shape index (κ2) is 6.98. The molecule has 0 saturated carbocycles. The zero-order chi connectivity index (χ0) is 14.6. The van der Waals surface area contributed by atoms with Crippen molar-refractivity contribution < 1.29 is 17.9 Å². The lowest BCUT2D eigenvalue weighted by atomic mass is 9.99. The number of benzene rings is 1. The molecule has 20 heavy (non-hydrogen) atoms. The van der Waals surface area contributed by atoms with Crippen molar-refractivity contribution >= 4 is 22.6 Å². The minimum Gasteiger partial charge on any atom is -0.492 e. The maximum absolute atomic E-state index is 12.4. The Morgan fingerprint density at radius 2 is 2.05 bits per heavy atom. The highest BCUT2D eigenvalue weighted by atomic mass is 127. The molecule has 1 aromatic rings. The fourth-order valence-corrected chi connectivity index (χ4v) is 3.00. The van der Waals surface area contributed by atoms with E-state index in [4.69, 9.17) is 4.74 Å². The maximum Gasteiger partial charge on any atom is 0.401 e. The normalized spacial score (nSPS) is 20.9. The molecule has 0 unspecified atom stereocenters. The molecule has 0 N–H and O–H groups in total. The second-order valence-corrected chi connectivity index (χ2v) is 6.26. The Kier molecular flexibility index (Phi) is 5.54. The number of para-hydroxylation sites is 1. The number of alkyl halides is 3. The van der Waals surface area contributed by atoms with Gasteiger partial charge in [-0.15, -0.1) is 0 Å². The number of halogens is 4. The van der Waals surface area contributed by atoms with Gasteiger partial charge in [-0.2, -0.15) is 13.2 Å². The average Bonchev–Trinajstić information content (AvgIpc) is 2.36. The fraction of sp³-hybridized carbons (Fsp3) is 0.571. The van der Waals surface area contributed by atoms with Crippen molar-refractivity contribution in [2.75, 3.05) is 26.2 Å². The Hall–Kier alpha value is -0.500. The molecule has 1 aliphatic heterocycles. The van der Waals surface area contributed by atoms with Gasteiger partial charge in [0.1, 0.15) is 5.75 Å². The van der Waals surface area contributed by atoms with Gasteiger partial charge in [0.25, 0.3) is 0 Å². The summed E-state index contributed by atoms with van der Waals surface area (Å²) in [7, 11) is 0. The minimum absolute atomic E-state index is 0.169. The molecule has 1 aromatic carbocycles. The summed E-state index contributed by atoms with van der Waals surface area (Å²) in [6, 6.07) is 7.67. The topological polar surface area (TPSA) is 12.5 Å². The van der Waals surface area contributed by atoms with Gasteiger partial charge in [-0.1, -0.05) is 12.1 Å². The van der Waals surface area contributed by atoms with E-state index in [2.05, 4.69) is 22.6 Å². The molecule has 0 radical (unpaired) electrons. The molecule has 0 aliphatic carbocycles. The Balaban J connectivity index is 1.83. The highest BCUT2D eigenvalue weighted by Crippen LogP contribution is 2.24. The molecule has 112 valence electrons. The number of hydrogen-bond acceptors (Lipinski definition) is 2. The summed E-state index contributed by atoms with van der Waals surface area (Å²) >= 11 is 2.19. The van der Waals surface area contributed by atoms with Crippen molar-refractivity contribution in [3.05, 3.63) is 27.8 Å². The summed E-state index contributed by atoms with van der Waals surface area (Å²) in [5, 5.41) is 0. The van der Waals surface area contributed by atoms with Crippen LogP contribution < -0.4 is 4.74 Å². The molecule has 2 nitrogen and oxygen atoms in total. The molecule has 1 fully saturated rings. The molecule has 1 heterocycles. The van der Waals surface area contributed by atoms with Crippen molar-refractivity contribution in [2.24, 2.45) is 5.92 Å². The van der Waals surface area contributed by atoms with E-state index in [0.717, 1.165) is 22.2 Å². The summed E-state index contributed by atoms with van der Waals surface area (Å²) in [5.74, 6) is 0.975. The van der Waals surface area contributed by atoms with Gasteiger partial charge >= 0.3 is 6.18 Å². The van der Waals surface area contributed by atoms with E-state index in [0.29, 0.717) is 19.7 Å². The van der Waals surface area contributed by atoms with Crippen molar-refractivity contribution in [1.82, 2.24) is 4.90 Å². The van der Waals surface area contributed by atoms with E-state index in [1.807, 2.05) is 24.3 Å². The number of rotatable bonds is 4. The van der Waals surface area contributed by atoms with Crippen molar-refractivity contribution in [3.63, 3.8) is 0 Å². The van der Waals surface area contributed by atoms with Crippen LogP contribution in [0.15, 0.2) is 24.3 Å². The zero-order valence-corrected chi connectivity index (χ0v) is 13.2. The largest absolute Gasteiger partial charge is 0.492 e. The average molecular weight is 399 g/mol. The number of likely N-dealkylation sites (tertiary alicyclic amines) is 1. The standard InChI is InChI=1S/C14H17F3INO/c15-14(16,17)10-19-7-3-4-11(8-19)9-20-13-6-2-1-5-12(13)18/h1-2,5-6,11H,3-4,7-10H2/t11-/m0/s1. The summed E-state index contributed by atoms with van der Waals surface area (Å²) in [6.07, 6.45) is -2.38. The van der Waals surface area contributed by atoms with Gasteiger partial charge < -0.3 is 4.74 Å². The second-order valence-electron chi connectivity index (χ2n) is 5.10. The summed E-state index contributed by atoms with van der Waals surface area (Å²) in [5.41, 5.74) is 0. The van der Waals surface area contributed by atoms with Crippen molar-refractivity contribution in [1.29, 1.82) is 0 Å². The zero-order valence-electron chi connectivity index (χ0n) is 11.0. The smallest absolute Gasteiger partial charge is 0.401 e. The van der Waals surface area contributed by atoms with Crippen LogP contribution in [-0.4, -0.2) is 37.3 Å². The third-order valence-corrected chi connectivity index (χ3v) is 4.21. The highest BCUT2D eigenvalue weighted by Gasteiger charge is 2.33. The molecule has 1 aliphatic rings. The first kappa shape index (κ1) is 15.9. The monoisotopic (exact) mass is 399 g/mol. The van der Waals surface area contributed by atoms with Crippen LogP contribution in [0.3, 0.4) is 0 Å². The number of ether oxygens (including phenoxy) is 1. The van der Waals surface area contributed by atoms with Crippen LogP contribution >= 0.6 is 22.6 Å². The van der Waals surface area contributed by atoms with Crippen LogP contribution in [0.25, 0.3) is 0 Å². The highest BCUT2D eigenvalue weighted by molar-refractivity contribution is 14.1. The lowest BCUT2D eigenvalue weighted by molar-refractivity contribution is -0.149. The SMILES string of the molecule is FC(F)(F)CN1CCC[C@H](COc2ccccc2I)C1. The fourth-order valence-electron chi connectivity index (χ4n) is 2.45. The first-order valence-electron chi connectivity index (χ1n) is 6.60. The Morgan fingerprint density at radius 1 is 1.30 bits per heavy atom. The molecule has 1 atom stereocenters. The number of hydrogen-bond donors (Lipinski definition) is 0. The van der Waals surface area contributed by atoms with Gasteiger partial charge in [0.2, 0.25) is 0 Å². The Bertz CT molecular complexity index is 439. The predicted molar refractivity (Wildman–Crippen MR) is 79.9 cm³/mol. The van der Waals surface area contributed by atoms with Crippen molar-refractivity contribution in [3.8, 4) is 5.75 Å². The first-order valence-corrected chi connectivity index (χ1v) is 7.68. The molecule has 0 amide bonds. The van der Waals surface area contributed by atoms with Gasteiger partial charge in [-0.05, 0) is 54.1 Å². The Morgan fingerprint density at radius 3 is 2.75 bits per heavy atom. The van der Waals surface area contributed by atoms with Crippen LogP contribution in [-0.2, 0) is 0 Å². The number of nitrogens with zero attached hydrogens (tertiary/aromatic N) is 1. The molecule has 6 heteroatoms. The molecule has 0 bridgehead atoms. The van der Waals surface area contributed by atoms with E-state index in [9.17, 15) is 13.2 Å². The van der Waals surface area contributed by atoms with Gasteiger partial charge in [-0.25, -0.2) is 0 Å². The minimum atomic E-state index is -4.11. The first-order chi connectivity index (χ1) is 9.44. The van der Waals surface area contributed by atoms with E-state index in [-0.39, 0.29) is 5.92 Å². The van der Waals surface area contributed by atoms with Gasteiger partial charge in [-0.3, -0.25) is 4.90 Å². The van der Waals surface area contributed by atoms with Gasteiger partial charge in [0, 0.05) is 12.5 Å². The summed E-state index contributed by atoms with van der Waals surface area (Å²) in [4.78, 5) is 1.48. The van der Waals surface area contributed by atoms with Crippen LogP contribution in [0.4, 0.5) is 13.2 Å². The third kappa shape index (κ3) is 5.12. The van der Waals surface area contributed by atoms with E-state index < -0.39 is 12.7 Å². The van der Waals surface area contributed by atoms with Crippen molar-refractivity contribution in [2.45, 2.75) is 19.0 Å². The maximum atomic E-state index is 12.4. The molecular formula is C14H17F3INO. The molecule has 0 spiro atoms. The van der Waals surface area contributed by atoms with Crippen LogP contribution in [0.1, 0.15) is 12.8 Å². The van der Waals surface area contributed by atoms with Gasteiger partial charge in [0.05, 0.1) is 16.7 Å². The molecule has 1 saturated heterocycles. The predicted octanol–water partition coefficient (Wildman–Crippen LogP) is 3.94. The lowest BCUT2D eigenvalue weighted by Crippen LogP contribution is -2.42. The Labute approximate surface area is 130 Å². The molecule has 2 rings (SSSR count). The van der Waals surface area contributed by atoms with E-state index in [1.165, 1.54) is 4.90 Å². The van der Waals surface area contributed by atoms with Crippen LogP contribution in [0.5, 0.6) is 5.75 Å². The molecular weight excluding hydrogens is 382 g/mol.